The molecule has 1 aromatic rings. The fraction of sp³-hybridized carbons (Fsp3) is 0.562. The molecule has 96 valence electrons. The van der Waals surface area contributed by atoms with Crippen molar-refractivity contribution in [1.29, 1.82) is 0 Å². The van der Waals surface area contributed by atoms with Gasteiger partial charge in [-0.05, 0) is 18.4 Å². The summed E-state index contributed by atoms with van der Waals surface area (Å²) >= 11 is 0. The summed E-state index contributed by atoms with van der Waals surface area (Å²) < 4.78 is 0. The second-order valence-electron chi connectivity index (χ2n) is 4.36. The molecule has 1 heteroatoms. The molecule has 0 N–H and O–H groups in total. The molecule has 17 heavy (non-hydrogen) atoms. The third-order valence-electron chi connectivity index (χ3n) is 2.91. The topological polar surface area (TPSA) is 17.1 Å². The number of hydrogen-bond acceptors (Lipinski definition) is 1. The van der Waals surface area contributed by atoms with Gasteiger partial charge in [-0.2, -0.15) is 0 Å². The molecule has 0 aliphatic rings. The molecule has 0 radical (unpaired) electrons. The summed E-state index contributed by atoms with van der Waals surface area (Å²) in [4.78, 5) is 8.00. The van der Waals surface area contributed by atoms with Crippen LogP contribution in [-0.4, -0.2) is 6.79 Å². The lowest BCUT2D eigenvalue weighted by molar-refractivity contribution is -0.0979. The van der Waals surface area contributed by atoms with Crippen LogP contribution in [0.5, 0.6) is 0 Å². The summed E-state index contributed by atoms with van der Waals surface area (Å²) in [6.45, 7) is 4.27. The van der Waals surface area contributed by atoms with E-state index in [4.69, 9.17) is 4.79 Å². The molecule has 0 aliphatic carbocycles. The summed E-state index contributed by atoms with van der Waals surface area (Å²) in [5.41, 5.74) is 1.49. The fourth-order valence-electron chi connectivity index (χ4n) is 1.93. The highest BCUT2D eigenvalue weighted by molar-refractivity contribution is 5.14. The molecule has 0 amide bonds. The van der Waals surface area contributed by atoms with Gasteiger partial charge in [0, 0.05) is 0 Å². The van der Waals surface area contributed by atoms with Gasteiger partial charge >= 0.3 is 0 Å². The van der Waals surface area contributed by atoms with Crippen LogP contribution in [0.4, 0.5) is 0 Å². The lowest BCUT2D eigenvalue weighted by Gasteiger charge is -2.01. The number of hydrogen-bond donors (Lipinski definition) is 0. The first kappa shape index (κ1) is 15.9. The summed E-state index contributed by atoms with van der Waals surface area (Å²) in [5, 5.41) is 0. The van der Waals surface area contributed by atoms with E-state index in [2.05, 4.69) is 37.3 Å². The van der Waals surface area contributed by atoms with E-state index in [9.17, 15) is 0 Å². The summed E-state index contributed by atoms with van der Waals surface area (Å²) in [6.07, 6.45) is 11.1. The number of carbonyl (C=O) groups excluding carboxylic acids is 1. The lowest BCUT2D eigenvalue weighted by Crippen LogP contribution is -1.85. The van der Waals surface area contributed by atoms with Crippen LogP contribution in [0.2, 0.25) is 0 Å². The molecule has 1 rings (SSSR count). The molecule has 0 unspecified atom stereocenters. The maximum atomic E-state index is 8.00. The third-order valence-corrected chi connectivity index (χ3v) is 2.91. The Bertz CT molecular complexity index is 243. The quantitative estimate of drug-likeness (QED) is 0.591. The fourth-order valence-corrected chi connectivity index (χ4v) is 1.93. The van der Waals surface area contributed by atoms with E-state index in [-0.39, 0.29) is 0 Å². The predicted molar refractivity (Wildman–Crippen MR) is 75.3 cm³/mol. The molecule has 1 aromatic carbocycles. The van der Waals surface area contributed by atoms with Crippen molar-refractivity contribution in [1.82, 2.24) is 0 Å². The number of carbonyl (C=O) groups is 1. The normalized spacial score (nSPS) is 9.47. The van der Waals surface area contributed by atoms with Crippen molar-refractivity contribution in [2.24, 2.45) is 0 Å². The van der Waals surface area contributed by atoms with Crippen molar-refractivity contribution in [2.75, 3.05) is 0 Å². The van der Waals surface area contributed by atoms with Crippen molar-refractivity contribution in [3.63, 3.8) is 0 Å². The highest BCUT2D eigenvalue weighted by Crippen LogP contribution is 2.10. The summed E-state index contributed by atoms with van der Waals surface area (Å²) in [7, 11) is 0. The highest BCUT2D eigenvalue weighted by Gasteiger charge is 1.92. The SMILES string of the molecule is C=O.CCCCCCCCCc1ccccc1. The van der Waals surface area contributed by atoms with Gasteiger partial charge in [-0.25, -0.2) is 0 Å². The number of aryl methyl sites for hydroxylation is 1. The van der Waals surface area contributed by atoms with Gasteiger partial charge in [-0.3, -0.25) is 0 Å². The van der Waals surface area contributed by atoms with Gasteiger partial charge in [0.15, 0.2) is 0 Å². The largest absolute Gasteiger partial charge is 0.307 e. The molecule has 0 fully saturated rings. The Morgan fingerprint density at radius 1 is 0.824 bits per heavy atom. The number of benzene rings is 1. The van der Waals surface area contributed by atoms with Gasteiger partial charge in [-0.15, -0.1) is 0 Å². The first-order valence-corrected chi connectivity index (χ1v) is 6.76. The van der Waals surface area contributed by atoms with Crippen LogP contribution in [-0.2, 0) is 11.2 Å². The van der Waals surface area contributed by atoms with Crippen LogP contribution in [0.3, 0.4) is 0 Å². The van der Waals surface area contributed by atoms with E-state index >= 15 is 0 Å². The zero-order valence-electron chi connectivity index (χ0n) is 11.2. The van der Waals surface area contributed by atoms with Crippen LogP contribution in [0.1, 0.15) is 57.4 Å². The number of rotatable bonds is 8. The minimum Gasteiger partial charge on any atom is -0.307 e. The monoisotopic (exact) mass is 234 g/mol. The number of unbranched alkanes of at least 4 members (excludes halogenated alkanes) is 6. The van der Waals surface area contributed by atoms with Gasteiger partial charge in [0.2, 0.25) is 0 Å². The van der Waals surface area contributed by atoms with Gasteiger partial charge < -0.3 is 4.79 Å². The van der Waals surface area contributed by atoms with Gasteiger partial charge in [-0.1, -0.05) is 75.8 Å². The average Bonchev–Trinajstić information content (AvgIpc) is 2.41. The molecule has 1 nitrogen and oxygen atoms in total. The van der Waals surface area contributed by atoms with Crippen LogP contribution >= 0.6 is 0 Å². The van der Waals surface area contributed by atoms with Crippen LogP contribution < -0.4 is 0 Å². The molecular formula is C16H26O. The Morgan fingerprint density at radius 3 is 1.94 bits per heavy atom. The van der Waals surface area contributed by atoms with Crippen LogP contribution in [0.15, 0.2) is 30.3 Å². The molecule has 0 bridgehead atoms. The van der Waals surface area contributed by atoms with E-state index in [1.54, 1.807) is 0 Å². The molecule has 0 aromatic heterocycles. The van der Waals surface area contributed by atoms with E-state index in [0.717, 1.165) is 0 Å². The predicted octanol–water partition coefficient (Wildman–Crippen LogP) is 4.79. The summed E-state index contributed by atoms with van der Waals surface area (Å²) in [6, 6.07) is 10.8. The highest BCUT2D eigenvalue weighted by atomic mass is 16.1. The van der Waals surface area contributed by atoms with E-state index in [1.807, 2.05) is 6.79 Å². The molecule has 0 saturated heterocycles. The smallest absolute Gasteiger partial charge is 0.106 e. The molecular weight excluding hydrogens is 208 g/mol. The first-order chi connectivity index (χ1) is 8.43. The average molecular weight is 234 g/mol. The van der Waals surface area contributed by atoms with Gasteiger partial charge in [0.25, 0.3) is 0 Å². The van der Waals surface area contributed by atoms with Crippen molar-refractivity contribution >= 4 is 6.79 Å². The molecule has 0 atom stereocenters. The van der Waals surface area contributed by atoms with Crippen LogP contribution in [0.25, 0.3) is 0 Å². The maximum Gasteiger partial charge on any atom is 0.106 e. The van der Waals surface area contributed by atoms with Gasteiger partial charge in [0.05, 0.1) is 0 Å². The maximum absolute atomic E-state index is 8.00. The standard InChI is InChI=1S/C15H24.CH2O/c1-2-3-4-5-6-7-9-12-15-13-10-8-11-14-15;1-2/h8,10-11,13-14H,2-7,9,12H2,1H3;1H2. The zero-order chi connectivity index (χ0) is 12.8. The van der Waals surface area contributed by atoms with Crippen molar-refractivity contribution in [3.8, 4) is 0 Å². The zero-order valence-corrected chi connectivity index (χ0v) is 11.2. The van der Waals surface area contributed by atoms with Crippen molar-refractivity contribution in [3.05, 3.63) is 35.9 Å². The minimum absolute atomic E-state index is 1.26. The molecule has 0 spiro atoms. The summed E-state index contributed by atoms with van der Waals surface area (Å²) in [5.74, 6) is 0. The Balaban J connectivity index is 0.00000121. The first-order valence-electron chi connectivity index (χ1n) is 6.76. The Morgan fingerprint density at radius 2 is 1.35 bits per heavy atom. The third kappa shape index (κ3) is 9.80. The second-order valence-corrected chi connectivity index (χ2v) is 4.36. The van der Waals surface area contributed by atoms with Crippen molar-refractivity contribution in [2.45, 2.75) is 58.3 Å². The van der Waals surface area contributed by atoms with Gasteiger partial charge in [0.1, 0.15) is 6.79 Å². The van der Waals surface area contributed by atoms with E-state index in [1.165, 1.54) is 56.9 Å². The lowest BCUT2D eigenvalue weighted by atomic mass is 10.0. The molecule has 0 heterocycles. The van der Waals surface area contributed by atoms with Crippen molar-refractivity contribution < 1.29 is 4.79 Å². The van der Waals surface area contributed by atoms with Crippen LogP contribution in [0, 0.1) is 0 Å². The minimum atomic E-state index is 1.26. The Kier molecular flexibility index (Phi) is 12.1. The second kappa shape index (κ2) is 13.0. The van der Waals surface area contributed by atoms with E-state index in [0.29, 0.717) is 0 Å². The molecule has 0 saturated carbocycles. The molecule has 0 aliphatic heterocycles. The Labute approximate surface area is 106 Å². The van der Waals surface area contributed by atoms with E-state index < -0.39 is 0 Å². The Hall–Kier alpha value is -1.11.